The summed E-state index contributed by atoms with van der Waals surface area (Å²) in [4.78, 5) is 28.7. The number of benzene rings is 2. The van der Waals surface area contributed by atoms with Crippen LogP contribution >= 0.6 is 0 Å². The first-order valence-corrected chi connectivity index (χ1v) is 13.6. The monoisotopic (exact) mass is 520 g/mol. The molecule has 1 fully saturated rings. The van der Waals surface area contributed by atoms with E-state index in [0.29, 0.717) is 50.3 Å². The third-order valence-electron chi connectivity index (χ3n) is 8.20. The Labute approximate surface area is 225 Å². The fraction of sp³-hybridized carbons (Fsp3) is 0.500. The van der Waals surface area contributed by atoms with E-state index >= 15 is 0 Å². The molecule has 2 N–H and O–H groups in total. The van der Waals surface area contributed by atoms with Crippen molar-refractivity contribution >= 4 is 17.5 Å². The average Bonchev–Trinajstić information content (AvgIpc) is 2.97. The first-order chi connectivity index (χ1) is 18.4. The highest BCUT2D eigenvalue weighted by Gasteiger charge is 2.46. The van der Waals surface area contributed by atoms with E-state index in [9.17, 15) is 9.59 Å². The van der Waals surface area contributed by atoms with Crippen LogP contribution in [0.15, 0.2) is 53.6 Å². The molecule has 2 heterocycles. The van der Waals surface area contributed by atoms with Gasteiger partial charge in [-0.3, -0.25) is 9.59 Å². The molecule has 0 saturated carbocycles. The van der Waals surface area contributed by atoms with Crippen molar-refractivity contribution in [3.63, 3.8) is 0 Å². The van der Waals surface area contributed by atoms with Crippen LogP contribution in [-0.4, -0.2) is 66.8 Å². The zero-order chi connectivity index (χ0) is 27.3. The average molecular weight is 521 g/mol. The summed E-state index contributed by atoms with van der Waals surface area (Å²) >= 11 is 0. The predicted molar refractivity (Wildman–Crippen MR) is 148 cm³/mol. The van der Waals surface area contributed by atoms with Gasteiger partial charge in [0.1, 0.15) is 0 Å². The van der Waals surface area contributed by atoms with Crippen LogP contribution in [-0.2, 0) is 16.0 Å². The lowest BCUT2D eigenvalue weighted by Crippen LogP contribution is -2.55. The molecule has 0 aromatic heterocycles. The van der Waals surface area contributed by atoms with E-state index in [-0.39, 0.29) is 17.9 Å². The summed E-state index contributed by atoms with van der Waals surface area (Å²) in [6.07, 6.45) is 3.90. The number of hydrogen-bond acceptors (Lipinski definition) is 6. The maximum absolute atomic E-state index is 13.8. The van der Waals surface area contributed by atoms with Crippen molar-refractivity contribution in [1.82, 2.24) is 9.91 Å². The second-order valence-electron chi connectivity index (χ2n) is 10.3. The Morgan fingerprint density at radius 1 is 1.05 bits per heavy atom. The Hall–Kier alpha value is -3.39. The largest absolute Gasteiger partial charge is 0.493 e. The minimum absolute atomic E-state index is 0.0387. The molecule has 8 nitrogen and oxygen atoms in total. The topological polar surface area (TPSA) is 97.5 Å². The van der Waals surface area contributed by atoms with Crippen molar-refractivity contribution in [3.8, 4) is 11.5 Å². The molecule has 204 valence electrons. The van der Waals surface area contributed by atoms with Crippen molar-refractivity contribution in [2.24, 2.45) is 16.3 Å². The Morgan fingerprint density at radius 3 is 2.32 bits per heavy atom. The molecule has 0 aliphatic carbocycles. The molecule has 0 bridgehead atoms. The number of hydrazone groups is 1. The van der Waals surface area contributed by atoms with E-state index in [4.69, 9.17) is 20.3 Å². The molecule has 8 heteroatoms. The summed E-state index contributed by atoms with van der Waals surface area (Å²) < 4.78 is 10.9. The molecular weight excluding hydrogens is 480 g/mol. The van der Waals surface area contributed by atoms with Gasteiger partial charge in [-0.15, -0.1) is 0 Å². The number of hydrogen-bond donors (Lipinski definition) is 1. The van der Waals surface area contributed by atoms with Crippen LogP contribution in [0.4, 0.5) is 0 Å². The smallest absolute Gasteiger partial charge is 0.249 e. The Kier molecular flexibility index (Phi) is 8.72. The van der Waals surface area contributed by atoms with Gasteiger partial charge in [0.2, 0.25) is 11.8 Å². The van der Waals surface area contributed by atoms with E-state index in [0.717, 1.165) is 29.7 Å². The summed E-state index contributed by atoms with van der Waals surface area (Å²) in [5, 5.41) is 6.63. The van der Waals surface area contributed by atoms with Gasteiger partial charge in [0.15, 0.2) is 11.5 Å². The van der Waals surface area contributed by atoms with Gasteiger partial charge >= 0.3 is 0 Å². The zero-order valence-corrected chi connectivity index (χ0v) is 23.0. The van der Waals surface area contributed by atoms with Gasteiger partial charge < -0.3 is 20.1 Å². The molecule has 2 aromatic carbocycles. The molecule has 38 heavy (non-hydrogen) atoms. The Balaban J connectivity index is 1.52. The third kappa shape index (κ3) is 5.55. The quantitative estimate of drug-likeness (QED) is 0.539. The number of nitrogens with zero attached hydrogens (tertiary/aromatic N) is 3. The second kappa shape index (κ2) is 12.0. The Morgan fingerprint density at radius 2 is 1.71 bits per heavy atom. The van der Waals surface area contributed by atoms with Gasteiger partial charge in [-0.2, -0.15) is 5.10 Å². The van der Waals surface area contributed by atoms with Gasteiger partial charge in [-0.25, -0.2) is 5.01 Å². The molecule has 2 aliphatic heterocycles. The lowest BCUT2D eigenvalue weighted by molar-refractivity contribution is -0.148. The third-order valence-corrected chi connectivity index (χ3v) is 8.20. The highest BCUT2D eigenvalue weighted by molar-refractivity contribution is 6.06. The maximum Gasteiger partial charge on any atom is 0.249 e. The fourth-order valence-corrected chi connectivity index (χ4v) is 5.60. The minimum Gasteiger partial charge on any atom is -0.493 e. The van der Waals surface area contributed by atoms with Crippen molar-refractivity contribution < 1.29 is 19.1 Å². The van der Waals surface area contributed by atoms with Crippen molar-refractivity contribution in [3.05, 3.63) is 59.7 Å². The number of likely N-dealkylation sites (tertiary alicyclic amines) is 1. The summed E-state index contributed by atoms with van der Waals surface area (Å²) in [7, 11) is 3.23. The van der Waals surface area contributed by atoms with E-state index in [1.807, 2.05) is 53.4 Å². The molecule has 0 spiro atoms. The van der Waals surface area contributed by atoms with E-state index in [1.54, 1.807) is 19.2 Å². The summed E-state index contributed by atoms with van der Waals surface area (Å²) in [6.45, 7) is 5.27. The number of rotatable bonds is 9. The number of methoxy groups -OCH3 is 2. The van der Waals surface area contributed by atoms with Gasteiger partial charge in [-0.05, 0) is 55.9 Å². The van der Waals surface area contributed by atoms with Crippen LogP contribution < -0.4 is 15.2 Å². The van der Waals surface area contributed by atoms with Crippen molar-refractivity contribution in [2.45, 2.75) is 64.5 Å². The van der Waals surface area contributed by atoms with E-state index in [2.05, 4.69) is 13.8 Å². The second-order valence-corrected chi connectivity index (χ2v) is 10.3. The SMILES string of the molecule is CCC1(CC)CC(c2ccc(OC)c(OC)c2)=NN(C2CCN(C(=O)[C@H](N)Cc3ccccc3)CC2)C1=O. The van der Waals surface area contributed by atoms with Gasteiger partial charge in [0.05, 0.1) is 37.4 Å². The molecular formula is C30H40N4O4. The standard InChI is InChI=1S/C30H40N4O4/c1-5-30(6-2)20-25(22-12-13-26(37-3)27(19-22)38-4)32-34(29(30)36)23-14-16-33(17-15-23)28(35)24(31)18-21-10-8-7-9-11-21/h7-13,19,23-24H,5-6,14-18,20,31H2,1-4H3/t24-/m1/s1. The number of ether oxygens (including phenoxy) is 2. The van der Waals surface area contributed by atoms with E-state index < -0.39 is 11.5 Å². The maximum atomic E-state index is 13.8. The number of nitrogens with two attached hydrogens (primary N) is 1. The van der Waals surface area contributed by atoms with Crippen LogP contribution in [0.2, 0.25) is 0 Å². The highest BCUT2D eigenvalue weighted by atomic mass is 16.5. The van der Waals surface area contributed by atoms with Crippen LogP contribution in [0, 0.1) is 5.41 Å². The number of carbonyl (C=O) groups is 2. The molecule has 2 amide bonds. The van der Waals surface area contributed by atoms with Crippen LogP contribution in [0.25, 0.3) is 0 Å². The normalized spacial score (nSPS) is 18.7. The molecule has 1 saturated heterocycles. The first kappa shape index (κ1) is 27.6. The molecule has 2 aromatic rings. The van der Waals surface area contributed by atoms with E-state index in [1.165, 1.54) is 0 Å². The molecule has 1 atom stereocenters. The molecule has 2 aliphatic rings. The molecule has 0 radical (unpaired) electrons. The van der Waals surface area contributed by atoms with Crippen molar-refractivity contribution in [2.75, 3.05) is 27.3 Å². The molecule has 4 rings (SSSR count). The van der Waals surface area contributed by atoms with Gasteiger partial charge in [0.25, 0.3) is 0 Å². The van der Waals surface area contributed by atoms with Crippen LogP contribution in [0.3, 0.4) is 0 Å². The highest BCUT2D eigenvalue weighted by Crippen LogP contribution is 2.40. The zero-order valence-electron chi connectivity index (χ0n) is 23.0. The summed E-state index contributed by atoms with van der Waals surface area (Å²) in [6, 6.07) is 15.0. The van der Waals surface area contributed by atoms with Gasteiger partial charge in [-0.1, -0.05) is 44.2 Å². The minimum atomic E-state index is -0.576. The molecule has 0 unspecified atom stereocenters. The number of piperidine rings is 1. The summed E-state index contributed by atoms with van der Waals surface area (Å²) in [5.41, 5.74) is 8.62. The fourth-order valence-electron chi connectivity index (χ4n) is 5.60. The Bertz CT molecular complexity index is 1150. The summed E-state index contributed by atoms with van der Waals surface area (Å²) in [5.74, 6) is 1.33. The first-order valence-electron chi connectivity index (χ1n) is 13.6. The van der Waals surface area contributed by atoms with Crippen LogP contribution in [0.5, 0.6) is 11.5 Å². The lowest BCUT2D eigenvalue weighted by Gasteiger charge is -2.44. The lowest BCUT2D eigenvalue weighted by atomic mass is 9.74. The number of amides is 2. The predicted octanol–water partition coefficient (Wildman–Crippen LogP) is 4.01. The number of carbonyl (C=O) groups excluding carboxylic acids is 2. The van der Waals surface area contributed by atoms with Crippen molar-refractivity contribution in [1.29, 1.82) is 0 Å². The van der Waals surface area contributed by atoms with Crippen LogP contribution in [0.1, 0.15) is 57.1 Å². The van der Waals surface area contributed by atoms with Gasteiger partial charge in [0, 0.05) is 25.1 Å².